The molecule has 3 heterocycles. The van der Waals surface area contributed by atoms with Crippen molar-refractivity contribution >= 4 is 0 Å². The standard InChI is InChI=1S/C11H6F2N.C8H4F3N4.Ir/c12-8-4-5-9(10(13)7-8)11-3-1-2-6-14-11;9-8(10,11)7-13-6(14-15-7)5-3-1-2-4-12-5;/h1-4,6-7H;1-4H;/q2*-1;. The quantitative estimate of drug-likeness (QED) is 0.255. The smallest absolute Gasteiger partial charge is 0.413 e. The number of aromatic nitrogens is 5. The van der Waals surface area contributed by atoms with Crippen molar-refractivity contribution < 1.29 is 42.1 Å². The second-order valence-electron chi connectivity index (χ2n) is 5.43. The molecule has 1 radical (unpaired) electrons. The first-order valence-corrected chi connectivity index (χ1v) is 7.99. The fourth-order valence-corrected chi connectivity index (χ4v) is 2.12. The Balaban J connectivity index is 0.000000207. The monoisotopic (exact) mass is 596 g/mol. The van der Waals surface area contributed by atoms with Crippen LogP contribution in [-0.2, 0) is 26.3 Å². The second-order valence-corrected chi connectivity index (χ2v) is 5.43. The summed E-state index contributed by atoms with van der Waals surface area (Å²) in [6, 6.07) is 14.3. The van der Waals surface area contributed by atoms with Crippen LogP contribution >= 0.6 is 0 Å². The van der Waals surface area contributed by atoms with Crippen molar-refractivity contribution in [3.8, 4) is 22.8 Å². The Hall–Kier alpha value is -3.04. The molecule has 0 saturated carbocycles. The molecule has 0 unspecified atom stereocenters. The van der Waals surface area contributed by atoms with Crippen molar-refractivity contribution in [2.75, 3.05) is 0 Å². The molecule has 4 rings (SSSR count). The molecule has 4 aromatic rings. The van der Waals surface area contributed by atoms with Crippen LogP contribution in [0.1, 0.15) is 5.82 Å². The van der Waals surface area contributed by atoms with Crippen LogP contribution in [0, 0.1) is 17.7 Å². The molecule has 30 heavy (non-hydrogen) atoms. The van der Waals surface area contributed by atoms with Crippen LogP contribution in [-0.4, -0.2) is 20.1 Å². The summed E-state index contributed by atoms with van der Waals surface area (Å²) in [5.74, 6) is -2.66. The molecule has 0 N–H and O–H groups in total. The predicted octanol–water partition coefficient (Wildman–Crippen LogP) is 4.34. The van der Waals surface area contributed by atoms with Gasteiger partial charge in [-0.3, -0.25) is 18.9 Å². The Kier molecular flexibility index (Phi) is 7.85. The number of rotatable bonds is 2. The Morgan fingerprint density at radius 3 is 2.03 bits per heavy atom. The van der Waals surface area contributed by atoms with Crippen LogP contribution in [0.4, 0.5) is 22.0 Å². The molecule has 5 nitrogen and oxygen atoms in total. The maximum absolute atomic E-state index is 13.2. The van der Waals surface area contributed by atoms with Crippen LogP contribution in [0.25, 0.3) is 22.8 Å². The molecule has 0 saturated heterocycles. The average molecular weight is 596 g/mol. The summed E-state index contributed by atoms with van der Waals surface area (Å²) in [7, 11) is 0. The van der Waals surface area contributed by atoms with Crippen LogP contribution < -0.4 is 5.10 Å². The normalized spacial score (nSPS) is 10.6. The van der Waals surface area contributed by atoms with Crippen molar-refractivity contribution in [1.82, 2.24) is 25.1 Å². The van der Waals surface area contributed by atoms with E-state index in [1.165, 1.54) is 12.3 Å². The number of halogens is 5. The van der Waals surface area contributed by atoms with Gasteiger partial charge in [-0.05, 0) is 29.7 Å². The summed E-state index contributed by atoms with van der Waals surface area (Å²) in [6.45, 7) is 0. The molecule has 0 spiro atoms. The zero-order valence-corrected chi connectivity index (χ0v) is 17.1. The summed E-state index contributed by atoms with van der Waals surface area (Å²) >= 11 is 0. The van der Waals surface area contributed by atoms with Crippen molar-refractivity contribution in [2.45, 2.75) is 6.18 Å². The molecule has 157 valence electrons. The van der Waals surface area contributed by atoms with Gasteiger partial charge in [0.2, 0.25) is 0 Å². The molecule has 1 aromatic carbocycles. The first kappa shape index (κ1) is 23.2. The zero-order valence-electron chi connectivity index (χ0n) is 14.7. The van der Waals surface area contributed by atoms with Gasteiger partial charge in [-0.25, -0.2) is 0 Å². The molecule has 0 aliphatic heterocycles. The summed E-state index contributed by atoms with van der Waals surface area (Å²) in [5.41, 5.74) is 0.900. The van der Waals surface area contributed by atoms with Crippen molar-refractivity contribution in [2.24, 2.45) is 0 Å². The fourth-order valence-electron chi connectivity index (χ4n) is 2.12. The molecular weight excluding hydrogens is 585 g/mol. The Morgan fingerprint density at radius 2 is 1.53 bits per heavy atom. The molecule has 0 amide bonds. The van der Waals surface area contributed by atoms with Crippen LogP contribution in [0.2, 0.25) is 0 Å². The summed E-state index contributed by atoms with van der Waals surface area (Å²) < 4.78 is 62.2. The topological polar surface area (TPSA) is 65.7 Å². The number of hydrogen-bond donors (Lipinski definition) is 0. The SMILES string of the molecule is FC(F)(F)c1n[n-]c(-c2ccccn2)n1.Fc1c[c-]c(-c2ccccn2)c(F)c1.[Ir]. The molecule has 0 aliphatic rings. The van der Waals surface area contributed by atoms with Crippen molar-refractivity contribution in [3.05, 3.63) is 84.4 Å². The van der Waals surface area contributed by atoms with Gasteiger partial charge in [-0.2, -0.15) is 13.2 Å². The van der Waals surface area contributed by atoms with Gasteiger partial charge >= 0.3 is 6.18 Å². The Morgan fingerprint density at radius 1 is 0.900 bits per heavy atom. The van der Waals surface area contributed by atoms with E-state index in [2.05, 4.69) is 31.2 Å². The average Bonchev–Trinajstić information content (AvgIpc) is 3.21. The van der Waals surface area contributed by atoms with E-state index in [1.54, 1.807) is 36.5 Å². The van der Waals surface area contributed by atoms with Crippen molar-refractivity contribution in [1.29, 1.82) is 0 Å². The summed E-state index contributed by atoms with van der Waals surface area (Å²) in [6.07, 6.45) is -1.58. The van der Waals surface area contributed by atoms with Crippen LogP contribution in [0.3, 0.4) is 0 Å². The number of benzene rings is 1. The fraction of sp³-hybridized carbons (Fsp3) is 0.0526. The van der Waals surface area contributed by atoms with Gasteiger partial charge in [-0.1, -0.05) is 29.8 Å². The molecule has 0 atom stereocenters. The third kappa shape index (κ3) is 5.98. The molecule has 0 fully saturated rings. The van der Waals surface area contributed by atoms with Gasteiger partial charge in [-0.15, -0.1) is 12.1 Å². The number of pyridine rings is 2. The number of hydrogen-bond acceptors (Lipinski definition) is 4. The third-order valence-corrected chi connectivity index (χ3v) is 3.38. The Labute approximate surface area is 180 Å². The van der Waals surface area contributed by atoms with Gasteiger partial charge < -0.3 is 15.1 Å². The van der Waals surface area contributed by atoms with E-state index in [0.717, 1.165) is 12.1 Å². The maximum atomic E-state index is 13.2. The van der Waals surface area contributed by atoms with E-state index in [-0.39, 0.29) is 37.2 Å². The largest absolute Gasteiger partial charge is 0.429 e. The zero-order chi connectivity index (χ0) is 20.9. The van der Waals surface area contributed by atoms with Gasteiger partial charge in [0.05, 0.1) is 5.69 Å². The first-order valence-electron chi connectivity index (χ1n) is 7.99. The van der Waals surface area contributed by atoms with Crippen molar-refractivity contribution in [3.63, 3.8) is 0 Å². The minimum Gasteiger partial charge on any atom is -0.413 e. The van der Waals surface area contributed by atoms with Gasteiger partial charge in [0.1, 0.15) is 5.82 Å². The summed E-state index contributed by atoms with van der Waals surface area (Å²) in [5, 5.41) is 6.25. The molecule has 0 aliphatic carbocycles. The molecule has 0 bridgehead atoms. The third-order valence-electron chi connectivity index (χ3n) is 3.38. The molecule has 3 aromatic heterocycles. The second kappa shape index (κ2) is 10.1. The predicted molar refractivity (Wildman–Crippen MR) is 92.0 cm³/mol. The van der Waals surface area contributed by atoms with E-state index in [4.69, 9.17) is 0 Å². The van der Waals surface area contributed by atoms with Crippen LogP contribution in [0.15, 0.2) is 60.9 Å². The van der Waals surface area contributed by atoms with Gasteiger partial charge in [0.15, 0.2) is 0 Å². The van der Waals surface area contributed by atoms with E-state index < -0.39 is 23.6 Å². The minimum absolute atomic E-state index is 0. The van der Waals surface area contributed by atoms with E-state index in [0.29, 0.717) is 5.69 Å². The minimum atomic E-state index is -4.57. The van der Waals surface area contributed by atoms with E-state index in [1.807, 2.05) is 0 Å². The maximum Gasteiger partial charge on any atom is 0.429 e. The first-order chi connectivity index (χ1) is 13.8. The number of nitrogens with zero attached hydrogens (tertiary/aromatic N) is 5. The molecular formula is C19H10F5IrN5-2. The summed E-state index contributed by atoms with van der Waals surface area (Å²) in [4.78, 5) is 11.0. The van der Waals surface area contributed by atoms with Gasteiger partial charge in [0.25, 0.3) is 0 Å². The Bertz CT molecular complexity index is 1070. The molecule has 11 heteroatoms. The number of alkyl halides is 3. The van der Waals surface area contributed by atoms with E-state index in [9.17, 15) is 22.0 Å². The van der Waals surface area contributed by atoms with Gasteiger partial charge in [0, 0.05) is 44.1 Å². The van der Waals surface area contributed by atoms with E-state index >= 15 is 0 Å². The van der Waals surface area contributed by atoms with Crippen LogP contribution in [0.5, 0.6) is 0 Å².